The minimum atomic E-state index is 0.400. The molecule has 1 N–H and O–H groups in total. The van der Waals surface area contributed by atoms with Crippen LogP contribution in [0.3, 0.4) is 0 Å². The number of nitrogens with zero attached hydrogens (tertiary/aromatic N) is 1. The average Bonchev–Trinajstić information content (AvgIpc) is 2.43. The van der Waals surface area contributed by atoms with Gasteiger partial charge in [0.05, 0.1) is 11.7 Å². The van der Waals surface area contributed by atoms with Gasteiger partial charge < -0.3 is 5.32 Å². The molecule has 0 aromatic carbocycles. The molecular weight excluding hydrogens is 180 g/mol. The van der Waals surface area contributed by atoms with Crippen molar-refractivity contribution < 1.29 is 0 Å². The SMILES string of the molecule is CCCNC(C)c1nc(C)c(C)s1. The van der Waals surface area contributed by atoms with E-state index in [0.29, 0.717) is 6.04 Å². The lowest BCUT2D eigenvalue weighted by Crippen LogP contribution is -2.18. The van der Waals surface area contributed by atoms with Crippen LogP contribution in [0.1, 0.15) is 41.9 Å². The molecule has 1 aromatic rings. The number of nitrogens with one attached hydrogen (secondary N) is 1. The first-order valence-electron chi connectivity index (χ1n) is 4.82. The Bertz CT molecular complexity index is 248. The molecule has 74 valence electrons. The zero-order valence-electron chi connectivity index (χ0n) is 8.85. The summed E-state index contributed by atoms with van der Waals surface area (Å²) in [5.41, 5.74) is 1.17. The van der Waals surface area contributed by atoms with Crippen LogP contribution in [0.4, 0.5) is 0 Å². The summed E-state index contributed by atoms with van der Waals surface area (Å²) in [4.78, 5) is 5.85. The summed E-state index contributed by atoms with van der Waals surface area (Å²) in [6.45, 7) is 9.62. The van der Waals surface area contributed by atoms with Gasteiger partial charge in [-0.3, -0.25) is 0 Å². The quantitative estimate of drug-likeness (QED) is 0.804. The molecule has 1 heterocycles. The minimum absolute atomic E-state index is 0.400. The molecule has 0 fully saturated rings. The predicted molar refractivity (Wildman–Crippen MR) is 58.3 cm³/mol. The summed E-state index contributed by atoms with van der Waals surface area (Å²) in [7, 11) is 0. The largest absolute Gasteiger partial charge is 0.308 e. The number of aromatic nitrogens is 1. The third-order valence-corrected chi connectivity index (χ3v) is 3.37. The Labute approximate surface area is 84.4 Å². The molecule has 1 unspecified atom stereocenters. The van der Waals surface area contributed by atoms with E-state index in [4.69, 9.17) is 0 Å². The molecule has 1 atom stereocenters. The highest BCUT2D eigenvalue weighted by molar-refractivity contribution is 7.11. The van der Waals surface area contributed by atoms with Crippen LogP contribution in [-0.2, 0) is 0 Å². The Kier molecular flexibility index (Phi) is 3.88. The van der Waals surface area contributed by atoms with Crippen LogP contribution in [0.25, 0.3) is 0 Å². The van der Waals surface area contributed by atoms with E-state index in [1.165, 1.54) is 22.0 Å². The topological polar surface area (TPSA) is 24.9 Å². The van der Waals surface area contributed by atoms with Crippen molar-refractivity contribution in [2.24, 2.45) is 0 Å². The van der Waals surface area contributed by atoms with E-state index < -0.39 is 0 Å². The number of hydrogen-bond acceptors (Lipinski definition) is 3. The zero-order chi connectivity index (χ0) is 9.84. The summed E-state index contributed by atoms with van der Waals surface area (Å²) in [5.74, 6) is 0. The van der Waals surface area contributed by atoms with E-state index in [0.717, 1.165) is 6.54 Å². The first-order chi connectivity index (χ1) is 6.15. The van der Waals surface area contributed by atoms with Crippen molar-refractivity contribution in [1.29, 1.82) is 0 Å². The predicted octanol–water partition coefficient (Wildman–Crippen LogP) is 2.82. The highest BCUT2D eigenvalue weighted by Gasteiger charge is 2.09. The average molecular weight is 198 g/mol. The van der Waals surface area contributed by atoms with Crippen molar-refractivity contribution in [3.63, 3.8) is 0 Å². The Morgan fingerprint density at radius 3 is 2.62 bits per heavy atom. The van der Waals surface area contributed by atoms with Gasteiger partial charge in [0, 0.05) is 4.88 Å². The number of hydrogen-bond donors (Lipinski definition) is 1. The van der Waals surface area contributed by atoms with Crippen molar-refractivity contribution in [2.75, 3.05) is 6.54 Å². The summed E-state index contributed by atoms with van der Waals surface area (Å²) >= 11 is 1.80. The van der Waals surface area contributed by atoms with Crippen molar-refractivity contribution >= 4 is 11.3 Å². The fourth-order valence-corrected chi connectivity index (χ4v) is 2.08. The molecule has 1 aromatic heterocycles. The van der Waals surface area contributed by atoms with E-state index in [2.05, 4.69) is 38.0 Å². The molecule has 0 aliphatic carbocycles. The van der Waals surface area contributed by atoms with Crippen LogP contribution < -0.4 is 5.32 Å². The van der Waals surface area contributed by atoms with Gasteiger partial charge in [0.25, 0.3) is 0 Å². The summed E-state index contributed by atoms with van der Waals surface area (Å²) in [6, 6.07) is 0.400. The molecule has 0 saturated carbocycles. The Hall–Kier alpha value is -0.410. The monoisotopic (exact) mass is 198 g/mol. The Morgan fingerprint density at radius 1 is 1.46 bits per heavy atom. The fourth-order valence-electron chi connectivity index (χ4n) is 1.13. The summed E-state index contributed by atoms with van der Waals surface area (Å²) in [5, 5.41) is 4.65. The van der Waals surface area contributed by atoms with E-state index in [1.54, 1.807) is 11.3 Å². The van der Waals surface area contributed by atoms with Gasteiger partial charge in [-0.15, -0.1) is 11.3 Å². The van der Waals surface area contributed by atoms with Gasteiger partial charge >= 0.3 is 0 Å². The lowest BCUT2D eigenvalue weighted by molar-refractivity contribution is 0.567. The maximum Gasteiger partial charge on any atom is 0.110 e. The van der Waals surface area contributed by atoms with Crippen molar-refractivity contribution in [2.45, 2.75) is 40.2 Å². The maximum atomic E-state index is 4.52. The zero-order valence-corrected chi connectivity index (χ0v) is 9.66. The fraction of sp³-hybridized carbons (Fsp3) is 0.700. The first-order valence-corrected chi connectivity index (χ1v) is 5.64. The van der Waals surface area contributed by atoms with Crippen LogP contribution in [-0.4, -0.2) is 11.5 Å². The second-order valence-corrected chi connectivity index (χ2v) is 4.60. The van der Waals surface area contributed by atoms with Crippen molar-refractivity contribution in [3.05, 3.63) is 15.6 Å². The minimum Gasteiger partial charge on any atom is -0.308 e. The normalized spacial score (nSPS) is 13.2. The molecule has 2 nitrogen and oxygen atoms in total. The molecular formula is C10H18N2S. The molecule has 0 amide bonds. The van der Waals surface area contributed by atoms with Crippen LogP contribution in [0.15, 0.2) is 0 Å². The van der Waals surface area contributed by atoms with Gasteiger partial charge in [-0.05, 0) is 33.7 Å². The van der Waals surface area contributed by atoms with E-state index in [1.807, 2.05) is 0 Å². The number of aryl methyl sites for hydroxylation is 2. The van der Waals surface area contributed by atoms with Crippen LogP contribution in [0, 0.1) is 13.8 Å². The van der Waals surface area contributed by atoms with Gasteiger partial charge in [-0.25, -0.2) is 4.98 Å². The summed E-state index contributed by atoms with van der Waals surface area (Å²) < 4.78 is 0. The molecule has 0 radical (unpaired) electrons. The maximum absolute atomic E-state index is 4.52. The standard InChI is InChI=1S/C10H18N2S/c1-5-6-11-8(3)10-12-7(2)9(4)13-10/h8,11H,5-6H2,1-4H3. The Morgan fingerprint density at radius 2 is 2.15 bits per heavy atom. The lowest BCUT2D eigenvalue weighted by Gasteiger charge is -2.08. The van der Waals surface area contributed by atoms with Gasteiger partial charge in [0.15, 0.2) is 0 Å². The second-order valence-electron chi connectivity index (χ2n) is 3.37. The van der Waals surface area contributed by atoms with Crippen molar-refractivity contribution in [1.82, 2.24) is 10.3 Å². The molecule has 0 spiro atoms. The highest BCUT2D eigenvalue weighted by Crippen LogP contribution is 2.22. The molecule has 0 bridgehead atoms. The molecule has 13 heavy (non-hydrogen) atoms. The van der Waals surface area contributed by atoms with Gasteiger partial charge in [-0.1, -0.05) is 6.92 Å². The number of thiazole rings is 1. The van der Waals surface area contributed by atoms with Crippen LogP contribution >= 0.6 is 11.3 Å². The molecule has 0 saturated heterocycles. The first kappa shape index (κ1) is 10.7. The summed E-state index contributed by atoms with van der Waals surface area (Å²) in [6.07, 6.45) is 1.17. The van der Waals surface area contributed by atoms with Crippen molar-refractivity contribution in [3.8, 4) is 0 Å². The van der Waals surface area contributed by atoms with Crippen LogP contribution in [0.2, 0.25) is 0 Å². The third-order valence-electron chi connectivity index (χ3n) is 2.12. The molecule has 1 rings (SSSR count). The molecule has 3 heteroatoms. The third kappa shape index (κ3) is 2.78. The number of rotatable bonds is 4. The Balaban J connectivity index is 2.60. The van der Waals surface area contributed by atoms with Gasteiger partial charge in [-0.2, -0.15) is 0 Å². The van der Waals surface area contributed by atoms with E-state index >= 15 is 0 Å². The second kappa shape index (κ2) is 4.72. The molecule has 0 aliphatic heterocycles. The van der Waals surface area contributed by atoms with Gasteiger partial charge in [0.1, 0.15) is 5.01 Å². The van der Waals surface area contributed by atoms with Gasteiger partial charge in [0.2, 0.25) is 0 Å². The lowest BCUT2D eigenvalue weighted by atomic mass is 10.3. The molecule has 0 aliphatic rings. The highest BCUT2D eigenvalue weighted by atomic mass is 32.1. The van der Waals surface area contributed by atoms with E-state index in [-0.39, 0.29) is 0 Å². The van der Waals surface area contributed by atoms with Crippen LogP contribution in [0.5, 0.6) is 0 Å². The smallest absolute Gasteiger partial charge is 0.110 e. The van der Waals surface area contributed by atoms with E-state index in [9.17, 15) is 0 Å².